The molecule has 3 unspecified atom stereocenters. The molecule has 0 spiro atoms. The third kappa shape index (κ3) is 3.56. The standard InChI is InChI=1S/C18H25FN2O2/c1-18(20)9-3-2-4-15(18)17(22)21-10-11-23-16(12-21)13-5-7-14(19)8-6-13/h5-8,15-16H,2-4,9-12,20H2,1H3. The van der Waals surface area contributed by atoms with E-state index in [4.69, 9.17) is 10.5 Å². The van der Waals surface area contributed by atoms with Crippen LogP contribution in [0.15, 0.2) is 24.3 Å². The van der Waals surface area contributed by atoms with Gasteiger partial charge in [-0.15, -0.1) is 0 Å². The van der Waals surface area contributed by atoms with Gasteiger partial charge in [-0.2, -0.15) is 0 Å². The molecule has 1 heterocycles. The summed E-state index contributed by atoms with van der Waals surface area (Å²) in [6, 6.07) is 6.30. The highest BCUT2D eigenvalue weighted by molar-refractivity contribution is 5.80. The molecule has 3 rings (SSSR count). The van der Waals surface area contributed by atoms with Crippen LogP contribution in [0.25, 0.3) is 0 Å². The smallest absolute Gasteiger partial charge is 0.227 e. The van der Waals surface area contributed by atoms with E-state index >= 15 is 0 Å². The Hall–Kier alpha value is -1.46. The van der Waals surface area contributed by atoms with Crippen molar-refractivity contribution in [2.45, 2.75) is 44.2 Å². The van der Waals surface area contributed by atoms with E-state index in [1.165, 1.54) is 12.1 Å². The first-order valence-electron chi connectivity index (χ1n) is 8.42. The lowest BCUT2D eigenvalue weighted by atomic mass is 9.74. The maximum Gasteiger partial charge on any atom is 0.227 e. The van der Waals surface area contributed by atoms with E-state index in [9.17, 15) is 9.18 Å². The number of carbonyl (C=O) groups is 1. The maximum atomic E-state index is 13.1. The van der Waals surface area contributed by atoms with Crippen LogP contribution in [0.5, 0.6) is 0 Å². The predicted molar refractivity (Wildman–Crippen MR) is 86.2 cm³/mol. The Morgan fingerprint density at radius 2 is 2.09 bits per heavy atom. The van der Waals surface area contributed by atoms with Crippen molar-refractivity contribution in [3.8, 4) is 0 Å². The predicted octanol–water partition coefficient (Wildman–Crippen LogP) is 2.63. The van der Waals surface area contributed by atoms with E-state index < -0.39 is 5.54 Å². The molecule has 23 heavy (non-hydrogen) atoms. The molecule has 1 aliphatic heterocycles. The molecule has 2 aliphatic rings. The topological polar surface area (TPSA) is 55.6 Å². The number of nitrogens with two attached hydrogens (primary N) is 1. The normalized spacial score (nSPS) is 31.9. The van der Waals surface area contributed by atoms with E-state index in [-0.39, 0.29) is 23.7 Å². The number of amides is 1. The van der Waals surface area contributed by atoms with Gasteiger partial charge < -0.3 is 15.4 Å². The molecule has 0 radical (unpaired) electrons. The van der Waals surface area contributed by atoms with Crippen molar-refractivity contribution in [2.75, 3.05) is 19.7 Å². The third-order valence-electron chi connectivity index (χ3n) is 5.17. The van der Waals surface area contributed by atoms with Gasteiger partial charge in [-0.1, -0.05) is 25.0 Å². The lowest BCUT2D eigenvalue weighted by molar-refractivity contribution is -0.146. The Labute approximate surface area is 136 Å². The van der Waals surface area contributed by atoms with Gasteiger partial charge in [0, 0.05) is 12.1 Å². The third-order valence-corrected chi connectivity index (χ3v) is 5.17. The molecule has 1 aliphatic carbocycles. The second-order valence-electron chi connectivity index (χ2n) is 7.00. The van der Waals surface area contributed by atoms with E-state index in [2.05, 4.69) is 0 Å². The highest BCUT2D eigenvalue weighted by Gasteiger charge is 2.40. The second-order valence-corrected chi connectivity index (χ2v) is 7.00. The summed E-state index contributed by atoms with van der Waals surface area (Å²) in [5.74, 6) is -0.230. The van der Waals surface area contributed by atoms with Gasteiger partial charge in [0.05, 0.1) is 19.1 Å². The summed E-state index contributed by atoms with van der Waals surface area (Å²) in [6.45, 7) is 3.61. The van der Waals surface area contributed by atoms with Crippen molar-refractivity contribution >= 4 is 5.91 Å². The summed E-state index contributed by atoms with van der Waals surface area (Å²) in [5, 5.41) is 0. The Kier molecular flexibility index (Phi) is 4.69. The molecule has 1 aromatic carbocycles. The summed E-state index contributed by atoms with van der Waals surface area (Å²) >= 11 is 0. The molecule has 1 saturated heterocycles. The lowest BCUT2D eigenvalue weighted by Gasteiger charge is -2.42. The summed E-state index contributed by atoms with van der Waals surface area (Å²) in [4.78, 5) is 14.8. The van der Waals surface area contributed by atoms with Gasteiger partial charge in [0.2, 0.25) is 5.91 Å². The Balaban J connectivity index is 1.70. The number of benzene rings is 1. The number of halogens is 1. The first-order valence-corrected chi connectivity index (χ1v) is 8.42. The molecule has 2 fully saturated rings. The minimum absolute atomic E-state index is 0.108. The van der Waals surface area contributed by atoms with E-state index in [0.29, 0.717) is 19.7 Å². The summed E-state index contributed by atoms with van der Waals surface area (Å²) in [5.41, 5.74) is 6.86. The monoisotopic (exact) mass is 320 g/mol. The molecular weight excluding hydrogens is 295 g/mol. The van der Waals surface area contributed by atoms with Crippen LogP contribution >= 0.6 is 0 Å². The van der Waals surface area contributed by atoms with Crippen molar-refractivity contribution in [3.63, 3.8) is 0 Å². The molecular formula is C18H25FN2O2. The van der Waals surface area contributed by atoms with Crippen LogP contribution in [-0.2, 0) is 9.53 Å². The average Bonchev–Trinajstić information content (AvgIpc) is 2.55. The van der Waals surface area contributed by atoms with Gasteiger partial charge in [0.15, 0.2) is 0 Å². The van der Waals surface area contributed by atoms with Gasteiger partial charge in [0.1, 0.15) is 11.9 Å². The minimum atomic E-state index is -0.418. The molecule has 3 atom stereocenters. The Bertz CT molecular complexity index is 559. The SMILES string of the molecule is CC1(N)CCCCC1C(=O)N1CCOC(c2ccc(F)cc2)C1. The van der Waals surface area contributed by atoms with Crippen LogP contribution < -0.4 is 5.73 Å². The zero-order valence-corrected chi connectivity index (χ0v) is 13.6. The summed E-state index contributed by atoms with van der Waals surface area (Å²) < 4.78 is 18.8. The summed E-state index contributed by atoms with van der Waals surface area (Å²) in [7, 11) is 0. The van der Waals surface area contributed by atoms with E-state index in [0.717, 1.165) is 31.2 Å². The minimum Gasteiger partial charge on any atom is -0.370 e. The van der Waals surface area contributed by atoms with Crippen molar-refractivity contribution in [3.05, 3.63) is 35.6 Å². The van der Waals surface area contributed by atoms with E-state index in [1.807, 2.05) is 11.8 Å². The number of nitrogens with zero attached hydrogens (tertiary/aromatic N) is 1. The first kappa shape index (κ1) is 16.4. The molecule has 1 amide bonds. The molecule has 0 bridgehead atoms. The number of ether oxygens (including phenoxy) is 1. The number of morpholine rings is 1. The van der Waals surface area contributed by atoms with Crippen LogP contribution in [0.2, 0.25) is 0 Å². The van der Waals surface area contributed by atoms with Crippen molar-refractivity contribution < 1.29 is 13.9 Å². The highest BCUT2D eigenvalue weighted by atomic mass is 19.1. The highest BCUT2D eigenvalue weighted by Crippen LogP contribution is 2.34. The molecule has 0 aromatic heterocycles. The summed E-state index contributed by atoms with van der Waals surface area (Å²) in [6.07, 6.45) is 3.73. The maximum absolute atomic E-state index is 13.1. The number of rotatable bonds is 2. The number of hydrogen-bond acceptors (Lipinski definition) is 3. The average molecular weight is 320 g/mol. The number of hydrogen-bond donors (Lipinski definition) is 1. The second kappa shape index (κ2) is 6.57. The molecule has 1 aromatic rings. The van der Waals surface area contributed by atoms with Crippen LogP contribution in [0.3, 0.4) is 0 Å². The lowest BCUT2D eigenvalue weighted by Crippen LogP contribution is -2.55. The number of carbonyl (C=O) groups excluding carboxylic acids is 1. The van der Waals surface area contributed by atoms with Gasteiger partial charge in [0.25, 0.3) is 0 Å². The zero-order chi connectivity index (χ0) is 16.4. The van der Waals surface area contributed by atoms with Crippen molar-refractivity contribution in [1.82, 2.24) is 4.90 Å². The quantitative estimate of drug-likeness (QED) is 0.911. The van der Waals surface area contributed by atoms with Gasteiger partial charge in [-0.05, 0) is 37.5 Å². The Morgan fingerprint density at radius 1 is 1.35 bits per heavy atom. The van der Waals surface area contributed by atoms with Gasteiger partial charge in [-0.3, -0.25) is 4.79 Å². The van der Waals surface area contributed by atoms with Crippen molar-refractivity contribution in [2.24, 2.45) is 11.7 Å². The van der Waals surface area contributed by atoms with Crippen LogP contribution in [0.4, 0.5) is 4.39 Å². The van der Waals surface area contributed by atoms with Crippen molar-refractivity contribution in [1.29, 1.82) is 0 Å². The van der Waals surface area contributed by atoms with Crippen LogP contribution in [0, 0.1) is 11.7 Å². The molecule has 2 N–H and O–H groups in total. The fourth-order valence-electron chi connectivity index (χ4n) is 3.71. The van der Waals surface area contributed by atoms with Crippen LogP contribution in [0.1, 0.15) is 44.3 Å². The Morgan fingerprint density at radius 3 is 2.78 bits per heavy atom. The fourth-order valence-corrected chi connectivity index (χ4v) is 3.71. The van der Waals surface area contributed by atoms with Crippen LogP contribution in [-0.4, -0.2) is 36.0 Å². The van der Waals surface area contributed by atoms with Gasteiger partial charge in [-0.25, -0.2) is 4.39 Å². The molecule has 5 heteroatoms. The fraction of sp³-hybridized carbons (Fsp3) is 0.611. The first-order chi connectivity index (χ1) is 11.0. The largest absolute Gasteiger partial charge is 0.370 e. The van der Waals surface area contributed by atoms with Gasteiger partial charge >= 0.3 is 0 Å². The molecule has 1 saturated carbocycles. The molecule has 4 nitrogen and oxygen atoms in total. The molecule has 126 valence electrons. The zero-order valence-electron chi connectivity index (χ0n) is 13.6. The van der Waals surface area contributed by atoms with E-state index in [1.54, 1.807) is 12.1 Å².